The molecule has 20 heavy (non-hydrogen) atoms. The lowest BCUT2D eigenvalue weighted by Crippen LogP contribution is -2.46. The number of likely N-dealkylation sites (N-methyl/N-ethyl adjacent to an activating group) is 1. The van der Waals surface area contributed by atoms with Crippen LogP contribution in [-0.2, 0) is 6.42 Å². The summed E-state index contributed by atoms with van der Waals surface area (Å²) in [7, 11) is 2.21. The average molecular weight is 274 g/mol. The van der Waals surface area contributed by atoms with Crippen LogP contribution in [0.2, 0.25) is 0 Å². The first kappa shape index (κ1) is 14.0. The van der Waals surface area contributed by atoms with Gasteiger partial charge in [0.2, 0.25) is 0 Å². The number of aromatic nitrogens is 1. The van der Waals surface area contributed by atoms with Crippen LogP contribution in [0.5, 0.6) is 0 Å². The van der Waals surface area contributed by atoms with E-state index in [1.807, 2.05) is 6.20 Å². The normalized spacial score (nSPS) is 24.6. The van der Waals surface area contributed by atoms with Crippen molar-refractivity contribution in [3.63, 3.8) is 0 Å². The molecule has 1 unspecified atom stereocenters. The minimum Gasteiger partial charge on any atom is -0.307 e. The fourth-order valence-electron chi connectivity index (χ4n) is 3.28. The molecule has 0 spiro atoms. The van der Waals surface area contributed by atoms with Crippen LogP contribution in [0, 0.1) is 0 Å². The smallest absolute Gasteiger partial charge is 0.0605 e. The monoisotopic (exact) mass is 274 g/mol. The first-order chi connectivity index (χ1) is 9.83. The molecule has 0 amide bonds. The number of nitrogens with zero attached hydrogens (tertiary/aromatic N) is 3. The van der Waals surface area contributed by atoms with E-state index in [0.717, 1.165) is 13.1 Å². The van der Waals surface area contributed by atoms with Gasteiger partial charge in [-0.25, -0.2) is 0 Å². The zero-order valence-corrected chi connectivity index (χ0v) is 12.5. The van der Waals surface area contributed by atoms with Crippen LogP contribution in [0.4, 0.5) is 0 Å². The molecule has 4 heteroatoms. The minimum absolute atomic E-state index is 0.465. The molecule has 110 valence electrons. The van der Waals surface area contributed by atoms with E-state index in [4.69, 9.17) is 0 Å². The minimum atomic E-state index is 0.465. The Morgan fingerprint density at radius 3 is 3.00 bits per heavy atom. The highest BCUT2D eigenvalue weighted by atomic mass is 15.2. The highest BCUT2D eigenvalue weighted by Crippen LogP contribution is 2.27. The van der Waals surface area contributed by atoms with Crippen LogP contribution < -0.4 is 5.32 Å². The van der Waals surface area contributed by atoms with Crippen molar-refractivity contribution >= 4 is 0 Å². The molecule has 1 fully saturated rings. The lowest BCUT2D eigenvalue weighted by atomic mass is 9.92. The topological polar surface area (TPSA) is 31.4 Å². The Labute approximate surface area is 122 Å². The summed E-state index contributed by atoms with van der Waals surface area (Å²) >= 11 is 0. The van der Waals surface area contributed by atoms with Crippen LogP contribution in [0.1, 0.15) is 30.1 Å². The van der Waals surface area contributed by atoms with Crippen molar-refractivity contribution in [3.05, 3.63) is 29.6 Å². The summed E-state index contributed by atoms with van der Waals surface area (Å²) in [5.74, 6) is 0. The van der Waals surface area contributed by atoms with Crippen LogP contribution in [0.3, 0.4) is 0 Å². The zero-order valence-electron chi connectivity index (χ0n) is 12.5. The Bertz CT molecular complexity index is 426. The average Bonchev–Trinajstić information content (AvgIpc) is 2.49. The third-order valence-electron chi connectivity index (χ3n) is 4.61. The molecule has 0 aromatic carbocycles. The Morgan fingerprint density at radius 2 is 2.15 bits per heavy atom. The molecule has 0 saturated carbocycles. The van der Waals surface area contributed by atoms with Crippen molar-refractivity contribution in [1.82, 2.24) is 20.1 Å². The molecule has 0 bridgehead atoms. The maximum Gasteiger partial charge on any atom is 0.0605 e. The maximum absolute atomic E-state index is 4.59. The number of fused-ring (bicyclic) bond motifs is 1. The van der Waals surface area contributed by atoms with Crippen molar-refractivity contribution in [3.8, 4) is 0 Å². The van der Waals surface area contributed by atoms with Gasteiger partial charge in [-0.3, -0.25) is 9.88 Å². The van der Waals surface area contributed by atoms with Gasteiger partial charge in [0.1, 0.15) is 0 Å². The third kappa shape index (κ3) is 3.37. The largest absolute Gasteiger partial charge is 0.307 e. The van der Waals surface area contributed by atoms with Crippen LogP contribution in [0.15, 0.2) is 18.3 Å². The van der Waals surface area contributed by atoms with Gasteiger partial charge in [0.25, 0.3) is 0 Å². The second kappa shape index (κ2) is 6.66. The maximum atomic E-state index is 4.59. The molecule has 0 radical (unpaired) electrons. The first-order valence-electron chi connectivity index (χ1n) is 7.91. The number of hydrogen-bond donors (Lipinski definition) is 1. The molecule has 3 rings (SSSR count). The predicted molar refractivity (Wildman–Crippen MR) is 81.9 cm³/mol. The second-order valence-electron chi connectivity index (χ2n) is 6.09. The number of nitrogens with one attached hydrogen (secondary N) is 1. The number of hydrogen-bond acceptors (Lipinski definition) is 4. The summed E-state index contributed by atoms with van der Waals surface area (Å²) in [6, 6.07) is 4.76. The summed E-state index contributed by atoms with van der Waals surface area (Å²) in [6.45, 7) is 7.05. The Morgan fingerprint density at radius 1 is 1.30 bits per heavy atom. The highest BCUT2D eigenvalue weighted by molar-refractivity contribution is 5.25. The molecule has 1 atom stereocenters. The molecule has 1 N–H and O–H groups in total. The van der Waals surface area contributed by atoms with E-state index in [1.54, 1.807) is 0 Å². The Balaban J connectivity index is 1.47. The summed E-state index contributed by atoms with van der Waals surface area (Å²) in [6.07, 6.45) is 5.64. The summed E-state index contributed by atoms with van der Waals surface area (Å²) in [5.41, 5.74) is 2.73. The van der Waals surface area contributed by atoms with Gasteiger partial charge < -0.3 is 10.2 Å². The van der Waals surface area contributed by atoms with E-state index in [0.29, 0.717) is 6.04 Å². The molecule has 1 aromatic rings. The quantitative estimate of drug-likeness (QED) is 0.897. The van der Waals surface area contributed by atoms with Gasteiger partial charge in [-0.1, -0.05) is 6.07 Å². The van der Waals surface area contributed by atoms with Crippen LogP contribution in [-0.4, -0.2) is 61.1 Å². The molecule has 1 aromatic heterocycles. The number of piperazine rings is 1. The van der Waals surface area contributed by atoms with E-state index >= 15 is 0 Å². The number of aryl methyl sites for hydroxylation is 1. The fourth-order valence-corrected chi connectivity index (χ4v) is 3.28. The van der Waals surface area contributed by atoms with Gasteiger partial charge in [-0.15, -0.1) is 0 Å². The molecule has 4 nitrogen and oxygen atoms in total. The lowest BCUT2D eigenvalue weighted by molar-refractivity contribution is 0.153. The Kier molecular flexibility index (Phi) is 4.65. The first-order valence-corrected chi connectivity index (χ1v) is 7.91. The zero-order chi connectivity index (χ0) is 13.8. The molecule has 1 aliphatic heterocycles. The van der Waals surface area contributed by atoms with Gasteiger partial charge in [-0.05, 0) is 37.9 Å². The van der Waals surface area contributed by atoms with Gasteiger partial charge in [0, 0.05) is 51.5 Å². The lowest BCUT2D eigenvalue weighted by Gasteiger charge is -2.33. The summed E-state index contributed by atoms with van der Waals surface area (Å²) in [4.78, 5) is 9.57. The third-order valence-corrected chi connectivity index (χ3v) is 4.61. The fraction of sp³-hybridized carbons (Fsp3) is 0.688. The molecule has 1 saturated heterocycles. The van der Waals surface area contributed by atoms with E-state index in [9.17, 15) is 0 Å². The number of pyridine rings is 1. The van der Waals surface area contributed by atoms with E-state index in [-0.39, 0.29) is 0 Å². The van der Waals surface area contributed by atoms with Gasteiger partial charge in [0.15, 0.2) is 0 Å². The molecule has 1 aliphatic carbocycles. The van der Waals surface area contributed by atoms with Crippen molar-refractivity contribution in [2.75, 3.05) is 46.3 Å². The van der Waals surface area contributed by atoms with E-state index in [1.165, 1.54) is 56.7 Å². The standard InChI is InChI=1S/C16H26N4/c1-19-10-12-20(13-11-19)9-8-17-15-6-2-4-14-5-3-7-18-16(14)15/h3,5,7,15,17H,2,4,6,8-13H2,1H3. The predicted octanol–water partition coefficient (Wildman–Crippen LogP) is 1.30. The molecular formula is C16H26N4. The van der Waals surface area contributed by atoms with E-state index < -0.39 is 0 Å². The molecule has 2 heterocycles. The SMILES string of the molecule is CN1CCN(CCNC2CCCc3cccnc32)CC1. The van der Waals surface area contributed by atoms with Crippen molar-refractivity contribution in [2.24, 2.45) is 0 Å². The van der Waals surface area contributed by atoms with Crippen molar-refractivity contribution < 1.29 is 0 Å². The van der Waals surface area contributed by atoms with Crippen LogP contribution >= 0.6 is 0 Å². The van der Waals surface area contributed by atoms with Gasteiger partial charge in [-0.2, -0.15) is 0 Å². The van der Waals surface area contributed by atoms with E-state index in [2.05, 4.69) is 39.3 Å². The number of rotatable bonds is 4. The summed E-state index contributed by atoms with van der Waals surface area (Å²) < 4.78 is 0. The molecular weight excluding hydrogens is 248 g/mol. The summed E-state index contributed by atoms with van der Waals surface area (Å²) in [5, 5.41) is 3.72. The highest BCUT2D eigenvalue weighted by Gasteiger charge is 2.21. The van der Waals surface area contributed by atoms with Crippen LogP contribution in [0.25, 0.3) is 0 Å². The van der Waals surface area contributed by atoms with Gasteiger partial charge >= 0.3 is 0 Å². The second-order valence-corrected chi connectivity index (χ2v) is 6.09. The molecule has 2 aliphatic rings. The van der Waals surface area contributed by atoms with Crippen molar-refractivity contribution in [2.45, 2.75) is 25.3 Å². The Hall–Kier alpha value is -0.970. The van der Waals surface area contributed by atoms with Gasteiger partial charge in [0.05, 0.1) is 5.69 Å². The van der Waals surface area contributed by atoms with Crippen molar-refractivity contribution in [1.29, 1.82) is 0 Å².